The molecule has 0 bridgehead atoms. The molecule has 2 nitrogen and oxygen atoms in total. The Morgan fingerprint density at radius 2 is 2.20 bits per heavy atom. The van der Waals surface area contributed by atoms with Gasteiger partial charge in [0.25, 0.3) is 0 Å². The van der Waals surface area contributed by atoms with Crippen LogP contribution in [0.1, 0.15) is 17.5 Å². The molecule has 82 valence electrons. The van der Waals surface area contributed by atoms with E-state index in [4.69, 9.17) is 4.74 Å². The van der Waals surface area contributed by atoms with Crippen LogP contribution in [0.15, 0.2) is 18.2 Å². The summed E-state index contributed by atoms with van der Waals surface area (Å²) in [6.07, 6.45) is 3.45. The number of benzene rings is 1. The number of rotatable bonds is 3. The molecule has 0 unspecified atom stereocenters. The Morgan fingerprint density at radius 3 is 3.00 bits per heavy atom. The molecule has 0 saturated carbocycles. The molecule has 1 aromatic rings. The van der Waals surface area contributed by atoms with Gasteiger partial charge in [0.05, 0.1) is 6.61 Å². The van der Waals surface area contributed by atoms with Gasteiger partial charge in [-0.15, -0.1) is 0 Å². The quantitative estimate of drug-likeness (QED) is 0.749. The minimum Gasteiger partial charge on any atom is -0.493 e. The van der Waals surface area contributed by atoms with Crippen molar-refractivity contribution in [3.8, 4) is 5.75 Å². The maximum Gasteiger partial charge on any atom is 0.122 e. The lowest BCUT2D eigenvalue weighted by Gasteiger charge is -2.18. The summed E-state index contributed by atoms with van der Waals surface area (Å²) < 4.78 is 5.59. The van der Waals surface area contributed by atoms with Crippen LogP contribution in [-0.4, -0.2) is 32.1 Å². The van der Waals surface area contributed by atoms with Gasteiger partial charge in [-0.3, -0.25) is 0 Å². The number of hydrogen-bond donors (Lipinski definition) is 0. The molecule has 0 N–H and O–H groups in total. The largest absolute Gasteiger partial charge is 0.493 e. The number of hydrogen-bond acceptors (Lipinski definition) is 2. The molecule has 0 aromatic heterocycles. The van der Waals surface area contributed by atoms with E-state index in [1.54, 1.807) is 0 Å². The molecule has 1 aliphatic rings. The standard InChI is InChI=1S/C13H19NO/c1-14(2)8-7-11-5-6-13-12(10-11)4-3-9-15-13/h5-6,10H,3-4,7-9H2,1-2H3. The third-order valence-corrected chi connectivity index (χ3v) is 2.82. The van der Waals surface area contributed by atoms with Gasteiger partial charge < -0.3 is 9.64 Å². The van der Waals surface area contributed by atoms with Gasteiger partial charge in [-0.1, -0.05) is 12.1 Å². The first kappa shape index (κ1) is 10.5. The van der Waals surface area contributed by atoms with Gasteiger partial charge in [0.15, 0.2) is 0 Å². The first-order valence-corrected chi connectivity index (χ1v) is 5.65. The smallest absolute Gasteiger partial charge is 0.122 e. The fourth-order valence-corrected chi connectivity index (χ4v) is 1.92. The van der Waals surface area contributed by atoms with Crippen molar-refractivity contribution >= 4 is 0 Å². The third kappa shape index (κ3) is 2.72. The Bertz CT molecular complexity index is 333. The second kappa shape index (κ2) is 4.67. The monoisotopic (exact) mass is 205 g/mol. The maximum atomic E-state index is 5.59. The van der Waals surface area contributed by atoms with E-state index < -0.39 is 0 Å². The maximum absolute atomic E-state index is 5.59. The molecule has 0 amide bonds. The summed E-state index contributed by atoms with van der Waals surface area (Å²) >= 11 is 0. The van der Waals surface area contributed by atoms with E-state index in [0.29, 0.717) is 0 Å². The summed E-state index contributed by atoms with van der Waals surface area (Å²) in [5.41, 5.74) is 2.81. The Labute approximate surface area is 91.9 Å². The van der Waals surface area contributed by atoms with Gasteiger partial charge in [-0.2, -0.15) is 0 Å². The summed E-state index contributed by atoms with van der Waals surface area (Å²) in [5.74, 6) is 1.09. The molecule has 0 spiro atoms. The molecule has 1 aliphatic heterocycles. The zero-order chi connectivity index (χ0) is 10.7. The molecule has 2 heteroatoms. The lowest BCUT2D eigenvalue weighted by molar-refractivity contribution is 0.288. The van der Waals surface area contributed by atoms with Gasteiger partial charge in [-0.25, -0.2) is 0 Å². The van der Waals surface area contributed by atoms with Crippen LogP contribution in [0.4, 0.5) is 0 Å². The Kier molecular flexibility index (Phi) is 3.27. The molecular formula is C13H19NO. The van der Waals surface area contributed by atoms with E-state index in [0.717, 1.165) is 31.7 Å². The van der Waals surface area contributed by atoms with Crippen LogP contribution in [0.2, 0.25) is 0 Å². The highest BCUT2D eigenvalue weighted by molar-refractivity contribution is 5.38. The first-order valence-electron chi connectivity index (χ1n) is 5.65. The van der Waals surface area contributed by atoms with E-state index in [1.165, 1.54) is 17.5 Å². The van der Waals surface area contributed by atoms with Crippen molar-refractivity contribution in [2.75, 3.05) is 27.2 Å². The van der Waals surface area contributed by atoms with Crippen molar-refractivity contribution in [3.05, 3.63) is 29.3 Å². The second-order valence-electron chi connectivity index (χ2n) is 4.45. The average Bonchev–Trinajstić information content (AvgIpc) is 2.26. The lowest BCUT2D eigenvalue weighted by atomic mass is 10.0. The predicted molar refractivity (Wildman–Crippen MR) is 62.5 cm³/mol. The molecule has 2 rings (SSSR count). The second-order valence-corrected chi connectivity index (χ2v) is 4.45. The lowest BCUT2D eigenvalue weighted by Crippen LogP contribution is -2.15. The van der Waals surface area contributed by atoms with Crippen molar-refractivity contribution in [2.24, 2.45) is 0 Å². The van der Waals surface area contributed by atoms with Crippen LogP contribution in [0.5, 0.6) is 5.75 Å². The molecule has 0 fully saturated rings. The highest BCUT2D eigenvalue weighted by Crippen LogP contribution is 2.25. The van der Waals surface area contributed by atoms with Crippen LogP contribution in [-0.2, 0) is 12.8 Å². The third-order valence-electron chi connectivity index (χ3n) is 2.82. The zero-order valence-corrected chi connectivity index (χ0v) is 9.62. The molecule has 15 heavy (non-hydrogen) atoms. The zero-order valence-electron chi connectivity index (χ0n) is 9.62. The van der Waals surface area contributed by atoms with Gasteiger partial charge in [0, 0.05) is 6.54 Å². The molecule has 0 aliphatic carbocycles. The van der Waals surface area contributed by atoms with Crippen molar-refractivity contribution in [1.82, 2.24) is 4.90 Å². The number of fused-ring (bicyclic) bond motifs is 1. The molecule has 0 atom stereocenters. The summed E-state index contributed by atoms with van der Waals surface area (Å²) in [6, 6.07) is 6.62. The minimum absolute atomic E-state index is 0.879. The fraction of sp³-hybridized carbons (Fsp3) is 0.538. The molecule has 1 aromatic carbocycles. The van der Waals surface area contributed by atoms with Crippen molar-refractivity contribution < 1.29 is 4.74 Å². The Morgan fingerprint density at radius 1 is 1.33 bits per heavy atom. The Hall–Kier alpha value is -1.02. The molecule has 0 saturated heterocycles. The van der Waals surface area contributed by atoms with Crippen LogP contribution >= 0.6 is 0 Å². The summed E-state index contributed by atoms with van der Waals surface area (Å²) in [7, 11) is 4.23. The van der Waals surface area contributed by atoms with Crippen molar-refractivity contribution in [1.29, 1.82) is 0 Å². The average molecular weight is 205 g/mol. The van der Waals surface area contributed by atoms with Crippen LogP contribution in [0.25, 0.3) is 0 Å². The predicted octanol–water partition coefficient (Wildman–Crippen LogP) is 2.12. The normalized spacial score (nSPS) is 14.9. The Balaban J connectivity index is 2.07. The van der Waals surface area contributed by atoms with Gasteiger partial charge >= 0.3 is 0 Å². The highest BCUT2D eigenvalue weighted by atomic mass is 16.5. The van der Waals surface area contributed by atoms with E-state index in [2.05, 4.69) is 37.2 Å². The summed E-state index contributed by atoms with van der Waals surface area (Å²) in [5, 5.41) is 0. The van der Waals surface area contributed by atoms with Gasteiger partial charge in [0.1, 0.15) is 5.75 Å². The number of likely N-dealkylation sites (N-methyl/N-ethyl adjacent to an activating group) is 1. The molecular weight excluding hydrogens is 186 g/mol. The van der Waals surface area contributed by atoms with E-state index in [1.807, 2.05) is 0 Å². The van der Waals surface area contributed by atoms with E-state index in [9.17, 15) is 0 Å². The van der Waals surface area contributed by atoms with Crippen molar-refractivity contribution in [2.45, 2.75) is 19.3 Å². The summed E-state index contributed by atoms with van der Waals surface area (Å²) in [6.45, 7) is 1.99. The van der Waals surface area contributed by atoms with Gasteiger partial charge in [-0.05, 0) is 50.6 Å². The SMILES string of the molecule is CN(C)CCc1ccc2c(c1)CCCO2. The van der Waals surface area contributed by atoms with Crippen LogP contribution < -0.4 is 4.74 Å². The van der Waals surface area contributed by atoms with Crippen LogP contribution in [0.3, 0.4) is 0 Å². The van der Waals surface area contributed by atoms with Crippen molar-refractivity contribution in [3.63, 3.8) is 0 Å². The topological polar surface area (TPSA) is 12.5 Å². The fourth-order valence-electron chi connectivity index (χ4n) is 1.92. The first-order chi connectivity index (χ1) is 7.25. The molecule has 0 radical (unpaired) electrons. The highest BCUT2D eigenvalue weighted by Gasteiger charge is 2.10. The minimum atomic E-state index is 0.879. The van der Waals surface area contributed by atoms with E-state index in [-0.39, 0.29) is 0 Å². The molecule has 1 heterocycles. The van der Waals surface area contributed by atoms with E-state index >= 15 is 0 Å². The summed E-state index contributed by atoms with van der Waals surface area (Å²) in [4.78, 5) is 2.22. The van der Waals surface area contributed by atoms with Gasteiger partial charge in [0.2, 0.25) is 0 Å². The van der Waals surface area contributed by atoms with Crippen LogP contribution in [0, 0.1) is 0 Å². The number of aryl methyl sites for hydroxylation is 1. The number of ether oxygens (including phenoxy) is 1. The number of nitrogens with zero attached hydrogens (tertiary/aromatic N) is 1.